The molecule has 0 amide bonds. The average Bonchev–Trinajstić information content (AvgIpc) is 2.93. The van der Waals surface area contributed by atoms with E-state index in [-0.39, 0.29) is 10.9 Å². The van der Waals surface area contributed by atoms with Crippen LogP contribution in [0.25, 0.3) is 0 Å². The van der Waals surface area contributed by atoms with Crippen molar-refractivity contribution in [1.82, 2.24) is 4.13 Å². The second kappa shape index (κ2) is 13.3. The number of alkyl halides is 12. The van der Waals surface area contributed by atoms with Gasteiger partial charge in [0.1, 0.15) is 5.75 Å². The smallest absolute Gasteiger partial charge is 0.497 e. The minimum atomic E-state index is -7.92. The highest BCUT2D eigenvalue weighted by atomic mass is 32.3. The largest absolute Gasteiger partial charge is 0.512 e. The first kappa shape index (κ1) is 38.0. The molecule has 0 fully saturated rings. The molecule has 1 N–H and O–H groups in total. The molecule has 0 unspecified atom stereocenters. The molecule has 0 radical (unpaired) electrons. The number of rotatable bonds is 9. The van der Waals surface area contributed by atoms with Crippen LogP contribution in [0.3, 0.4) is 0 Å². The molecule has 0 saturated heterocycles. The van der Waals surface area contributed by atoms with E-state index < -0.39 is 53.0 Å². The van der Waals surface area contributed by atoms with Crippen molar-refractivity contribution in [1.29, 1.82) is 0 Å². The van der Waals surface area contributed by atoms with Crippen LogP contribution in [0.15, 0.2) is 99.6 Å². The van der Waals surface area contributed by atoms with E-state index in [1.54, 1.807) is 7.11 Å². The van der Waals surface area contributed by atoms with Crippen molar-refractivity contribution in [2.75, 3.05) is 7.11 Å². The molecule has 3 rings (SSSR count). The lowest BCUT2D eigenvalue weighted by molar-refractivity contribution is -0.382. The van der Waals surface area contributed by atoms with E-state index in [9.17, 15) is 69.5 Å². The summed E-state index contributed by atoms with van der Waals surface area (Å²) in [6.07, 6.45) is -7.46. The number of ether oxygens (including phenoxy) is 1. The van der Waals surface area contributed by atoms with Gasteiger partial charge in [0.25, 0.3) is 10.0 Å². The Morgan fingerprint density at radius 3 is 1.27 bits per heavy atom. The first-order chi connectivity index (χ1) is 20.3. The molecule has 3 aromatic rings. The molecule has 0 heterocycles. The van der Waals surface area contributed by atoms with Crippen molar-refractivity contribution >= 4 is 30.9 Å². The Balaban J connectivity index is 0.000000315. The van der Waals surface area contributed by atoms with Gasteiger partial charge in [-0.25, -0.2) is 16.8 Å². The fourth-order valence-electron chi connectivity index (χ4n) is 3.01. The van der Waals surface area contributed by atoms with Gasteiger partial charge in [0, 0.05) is 0 Å². The topological polar surface area (TPSA) is 89.5 Å². The van der Waals surface area contributed by atoms with Gasteiger partial charge in [0.2, 0.25) is 0 Å². The third kappa shape index (κ3) is 7.98. The molecule has 21 heteroatoms. The van der Waals surface area contributed by atoms with Crippen LogP contribution < -0.4 is 8.86 Å². The fourth-order valence-corrected chi connectivity index (χ4v) is 7.51. The van der Waals surface area contributed by atoms with Crippen LogP contribution in [-0.4, -0.2) is 52.7 Å². The quantitative estimate of drug-likeness (QED) is 0.190. The molecule has 0 bridgehead atoms. The van der Waals surface area contributed by atoms with Crippen molar-refractivity contribution in [3.8, 4) is 5.75 Å². The molecule has 0 aliphatic rings. The molecule has 250 valence electrons. The highest BCUT2D eigenvalue weighted by molar-refractivity contribution is 8.05. The summed E-state index contributed by atoms with van der Waals surface area (Å²) in [5, 5.41) is -7.61. The van der Waals surface area contributed by atoms with E-state index in [0.717, 1.165) is 5.75 Å². The standard InChI is InChI=1S/C19H17OS.C5HF12NO4S2/c1-20-16-12-14-19(15-13-16)21(17-8-4-2-5-9-17)18-10-6-3-7-11-18;6-1(7,3(10,11)12)2(8,9)4(13,14)23(19,20)18-24(21,22)5(15,16)17/h2-15H,1H3;18H/q+1;. The average molecular weight is 725 g/mol. The van der Waals surface area contributed by atoms with Crippen molar-refractivity contribution in [2.24, 2.45) is 0 Å². The van der Waals surface area contributed by atoms with Gasteiger partial charge in [-0.3, -0.25) is 0 Å². The highest BCUT2D eigenvalue weighted by Gasteiger charge is 2.85. The zero-order valence-electron chi connectivity index (χ0n) is 21.9. The van der Waals surface area contributed by atoms with Crippen molar-refractivity contribution in [3.63, 3.8) is 0 Å². The van der Waals surface area contributed by atoms with Crippen LogP contribution >= 0.6 is 0 Å². The molecular formula is C24H18F12NO5S3+. The summed E-state index contributed by atoms with van der Waals surface area (Å²) in [6, 6.07) is 29.7. The van der Waals surface area contributed by atoms with Gasteiger partial charge >= 0.3 is 38.8 Å². The second-order valence-electron chi connectivity index (χ2n) is 8.31. The van der Waals surface area contributed by atoms with E-state index in [0.29, 0.717) is 0 Å². The van der Waals surface area contributed by atoms with E-state index in [4.69, 9.17) is 4.74 Å². The third-order valence-electron chi connectivity index (χ3n) is 5.23. The van der Waals surface area contributed by atoms with Gasteiger partial charge in [0.15, 0.2) is 14.7 Å². The van der Waals surface area contributed by atoms with E-state index in [1.165, 1.54) is 14.7 Å². The minimum Gasteiger partial charge on any atom is -0.497 e. The van der Waals surface area contributed by atoms with Crippen molar-refractivity contribution in [2.45, 2.75) is 43.5 Å². The SMILES string of the molecule is COc1ccc([S+](c2ccccc2)c2ccccc2)cc1.O=S(=O)(NS(=O)(=O)C(F)(F)C(F)(F)C(F)(F)C(F)(F)F)C(F)(F)F. The molecule has 0 spiro atoms. The molecule has 0 atom stereocenters. The number of nitrogens with one attached hydrogen (secondary N) is 1. The molecule has 3 aromatic carbocycles. The molecule has 6 nitrogen and oxygen atoms in total. The zero-order valence-corrected chi connectivity index (χ0v) is 24.3. The monoisotopic (exact) mass is 724 g/mol. The maximum Gasteiger partial charge on any atom is 0.512 e. The van der Waals surface area contributed by atoms with Crippen molar-refractivity contribution in [3.05, 3.63) is 84.9 Å². The highest BCUT2D eigenvalue weighted by Crippen LogP contribution is 2.54. The van der Waals surface area contributed by atoms with E-state index in [2.05, 4.69) is 72.8 Å². The van der Waals surface area contributed by atoms with Gasteiger partial charge < -0.3 is 4.74 Å². The van der Waals surface area contributed by atoms with Crippen LogP contribution in [0.4, 0.5) is 52.7 Å². The number of hydrogen-bond acceptors (Lipinski definition) is 5. The van der Waals surface area contributed by atoms with Crippen LogP contribution in [0.1, 0.15) is 0 Å². The normalized spacial score (nSPS) is 13.6. The van der Waals surface area contributed by atoms with Crippen molar-refractivity contribution < 1.29 is 74.3 Å². The Bertz CT molecular complexity index is 1590. The maximum atomic E-state index is 12.9. The number of halogens is 12. The lowest BCUT2D eigenvalue weighted by atomic mass is 10.1. The number of sulfonamides is 2. The molecule has 0 aliphatic carbocycles. The van der Waals surface area contributed by atoms with E-state index >= 15 is 0 Å². The van der Waals surface area contributed by atoms with Gasteiger partial charge in [-0.05, 0) is 48.5 Å². The summed E-state index contributed by atoms with van der Waals surface area (Å²) in [4.78, 5) is 3.95. The minimum absolute atomic E-state index is 0.0804. The zero-order chi connectivity index (χ0) is 34.7. The Morgan fingerprint density at radius 1 is 0.556 bits per heavy atom. The summed E-state index contributed by atoms with van der Waals surface area (Å²) >= 11 is 0. The van der Waals surface area contributed by atoms with Crippen LogP contribution in [0, 0.1) is 0 Å². The van der Waals surface area contributed by atoms with Crippen LogP contribution in [0.5, 0.6) is 5.75 Å². The summed E-state index contributed by atoms with van der Waals surface area (Å²) in [5.74, 6) is -14.7. The maximum absolute atomic E-state index is 12.9. The molecule has 0 saturated carbocycles. The molecular weight excluding hydrogens is 706 g/mol. The third-order valence-corrected chi connectivity index (χ3v) is 10.8. The van der Waals surface area contributed by atoms with Crippen LogP contribution in [-0.2, 0) is 30.9 Å². The summed E-state index contributed by atoms with van der Waals surface area (Å²) in [6.45, 7) is 0. The molecule has 0 aromatic heterocycles. The summed E-state index contributed by atoms with van der Waals surface area (Å²) in [7, 11) is -13.7. The Labute approximate surface area is 250 Å². The Hall–Kier alpha value is -3.17. The van der Waals surface area contributed by atoms with Gasteiger partial charge in [-0.2, -0.15) is 52.7 Å². The second-order valence-corrected chi connectivity index (χ2v) is 14.0. The summed E-state index contributed by atoms with van der Waals surface area (Å²) in [5.41, 5.74) is -6.70. The number of hydrogen-bond donors (Lipinski definition) is 1. The number of methoxy groups -OCH3 is 1. The first-order valence-electron chi connectivity index (χ1n) is 11.4. The lowest BCUT2D eigenvalue weighted by Gasteiger charge is -2.32. The lowest BCUT2D eigenvalue weighted by Crippen LogP contribution is -2.65. The summed E-state index contributed by atoms with van der Waals surface area (Å²) < 4.78 is 193. The predicted molar refractivity (Wildman–Crippen MR) is 136 cm³/mol. The fraction of sp³-hybridized carbons (Fsp3) is 0.250. The predicted octanol–water partition coefficient (Wildman–Crippen LogP) is 6.97. The molecule has 45 heavy (non-hydrogen) atoms. The first-order valence-corrected chi connectivity index (χ1v) is 15.6. The van der Waals surface area contributed by atoms with Gasteiger partial charge in [-0.1, -0.05) is 40.5 Å². The number of benzene rings is 3. The Kier molecular flexibility index (Phi) is 11.2. The molecule has 0 aliphatic heterocycles. The van der Waals surface area contributed by atoms with Crippen LogP contribution in [0.2, 0.25) is 0 Å². The Morgan fingerprint density at radius 2 is 0.933 bits per heavy atom. The van der Waals surface area contributed by atoms with Gasteiger partial charge in [0.05, 0.1) is 18.0 Å². The van der Waals surface area contributed by atoms with E-state index in [1.807, 2.05) is 12.1 Å². The van der Waals surface area contributed by atoms with Gasteiger partial charge in [-0.15, -0.1) is 0 Å².